The van der Waals surface area contributed by atoms with E-state index in [0.717, 1.165) is 6.07 Å². The van der Waals surface area contributed by atoms with Crippen molar-refractivity contribution in [3.63, 3.8) is 0 Å². The molecule has 9 atom stereocenters. The number of phenols is 3. The second-order valence-electron chi connectivity index (χ2n) is 9.54. The van der Waals surface area contributed by atoms with Crippen LogP contribution in [-0.4, -0.2) is 114 Å². The fraction of sp³-hybridized carbons (Fsp3) is 0.423. The van der Waals surface area contributed by atoms with E-state index in [-0.39, 0.29) is 39.7 Å². The lowest BCUT2D eigenvalue weighted by atomic mass is 9.98. The van der Waals surface area contributed by atoms with Gasteiger partial charge in [-0.2, -0.15) is 0 Å². The highest BCUT2D eigenvalue weighted by Crippen LogP contribution is 2.41. The fourth-order valence-electron chi connectivity index (χ4n) is 4.56. The Hall–Kier alpha value is -3.31. The Morgan fingerprint density at radius 2 is 1.55 bits per heavy atom. The molecule has 216 valence electrons. The smallest absolute Gasteiger partial charge is 0.402 e. The van der Waals surface area contributed by atoms with Gasteiger partial charge in [0.25, 0.3) is 0 Å². The monoisotopic (exact) mass is 565 g/mol. The van der Waals surface area contributed by atoms with E-state index in [2.05, 4.69) is 0 Å². The van der Waals surface area contributed by atoms with Crippen molar-refractivity contribution >= 4 is 11.0 Å². The summed E-state index contributed by atoms with van der Waals surface area (Å²) in [5.41, 5.74) is 0.452. The van der Waals surface area contributed by atoms with Gasteiger partial charge < -0.3 is 64.9 Å². The van der Waals surface area contributed by atoms with Crippen molar-refractivity contribution in [1.29, 1.82) is 0 Å². The second-order valence-corrected chi connectivity index (χ2v) is 9.54. The molecule has 1 aromatic heterocycles. The van der Waals surface area contributed by atoms with E-state index in [1.54, 1.807) is 0 Å². The summed E-state index contributed by atoms with van der Waals surface area (Å²) in [7, 11) is 0. The molecule has 2 aromatic carbocycles. The third-order valence-corrected chi connectivity index (χ3v) is 6.76. The first-order chi connectivity index (χ1) is 19.1. The summed E-state index contributed by atoms with van der Waals surface area (Å²) < 4.78 is 28.6. The van der Waals surface area contributed by atoms with Gasteiger partial charge in [0.2, 0.25) is 12.0 Å². The number of benzene rings is 2. The zero-order valence-electron chi connectivity index (χ0n) is 20.7. The fourth-order valence-corrected chi connectivity index (χ4v) is 4.56. The molecule has 14 nitrogen and oxygen atoms in total. The zero-order chi connectivity index (χ0) is 28.7. The molecule has 14 heteroatoms. The van der Waals surface area contributed by atoms with Gasteiger partial charge in [0, 0.05) is 12.1 Å². The van der Waals surface area contributed by atoms with Crippen LogP contribution in [0.15, 0.2) is 46.9 Å². The number of rotatable bonds is 6. The minimum Gasteiger partial charge on any atom is -0.508 e. The van der Waals surface area contributed by atoms with Crippen molar-refractivity contribution in [2.45, 2.75) is 55.3 Å². The standard InChI is InChI=1S/C26H28O14/c27-8-18-20(33)21(34)24(40-25-22(35)19(32)15(31)9-36-25)26(39-18)38-17-7-13-14(30)5-12(29)6-16(13)37-23(17)10-1-3-11(28)4-2-10/h1-7,15,18-22,24-27,31-35H,8-9H2,(H2-,28,29,30)/p+1/t15-,18?,19?,20-,21?,22-,24?,25+,26-/m1/s1. The lowest BCUT2D eigenvalue weighted by molar-refractivity contribution is -0.344. The summed E-state index contributed by atoms with van der Waals surface area (Å²) in [5.74, 6) is -0.711. The quantitative estimate of drug-likeness (QED) is 0.166. The molecule has 2 fully saturated rings. The van der Waals surface area contributed by atoms with E-state index in [1.165, 1.54) is 36.4 Å². The summed E-state index contributed by atoms with van der Waals surface area (Å²) >= 11 is 0. The van der Waals surface area contributed by atoms with E-state index in [0.29, 0.717) is 5.56 Å². The number of hydrogen-bond acceptors (Lipinski definition) is 13. The molecule has 2 aliphatic heterocycles. The molecule has 2 saturated heterocycles. The molecule has 9 N–H and O–H groups in total. The van der Waals surface area contributed by atoms with Crippen LogP contribution in [0, 0.1) is 0 Å². The van der Waals surface area contributed by atoms with E-state index < -0.39 is 68.5 Å². The Kier molecular flexibility index (Phi) is 7.96. The summed E-state index contributed by atoms with van der Waals surface area (Å²) in [4.78, 5) is 0. The highest BCUT2D eigenvalue weighted by atomic mass is 16.8. The van der Waals surface area contributed by atoms with Crippen LogP contribution in [0.1, 0.15) is 0 Å². The van der Waals surface area contributed by atoms with Crippen molar-refractivity contribution in [1.82, 2.24) is 0 Å². The van der Waals surface area contributed by atoms with Gasteiger partial charge in [0.05, 0.1) is 24.8 Å². The third kappa shape index (κ3) is 5.36. The number of fused-ring (bicyclic) bond motifs is 1. The highest BCUT2D eigenvalue weighted by molar-refractivity contribution is 5.88. The van der Waals surface area contributed by atoms with Crippen molar-refractivity contribution < 1.29 is 69.3 Å². The van der Waals surface area contributed by atoms with Gasteiger partial charge in [-0.05, 0) is 24.3 Å². The molecule has 5 rings (SSSR count). The lowest BCUT2D eigenvalue weighted by Gasteiger charge is -2.44. The molecule has 0 radical (unpaired) electrons. The molecular weight excluding hydrogens is 536 g/mol. The van der Waals surface area contributed by atoms with Gasteiger partial charge >= 0.3 is 11.3 Å². The molecule has 0 bridgehead atoms. The van der Waals surface area contributed by atoms with Crippen molar-refractivity contribution in [3.8, 4) is 34.3 Å². The molecule has 2 aliphatic rings. The Bertz CT molecular complexity index is 1330. The number of phenolic OH excluding ortho intramolecular Hbond substituents is 3. The van der Waals surface area contributed by atoms with Crippen LogP contribution < -0.4 is 4.74 Å². The maximum absolute atomic E-state index is 10.9. The van der Waals surface area contributed by atoms with E-state index in [9.17, 15) is 46.0 Å². The molecular formula is C26H29O14+. The van der Waals surface area contributed by atoms with Crippen LogP contribution in [0.25, 0.3) is 22.3 Å². The van der Waals surface area contributed by atoms with Crippen LogP contribution in [0.5, 0.6) is 23.0 Å². The maximum atomic E-state index is 10.9. The van der Waals surface area contributed by atoms with Crippen LogP contribution in [0.2, 0.25) is 0 Å². The number of aliphatic hydroxyl groups excluding tert-OH is 6. The van der Waals surface area contributed by atoms with Crippen molar-refractivity contribution in [2.24, 2.45) is 0 Å². The van der Waals surface area contributed by atoms with E-state index in [4.69, 9.17) is 23.4 Å². The Labute approximate surface area is 226 Å². The summed E-state index contributed by atoms with van der Waals surface area (Å²) in [6.45, 7) is -1.12. The lowest BCUT2D eigenvalue weighted by Crippen LogP contribution is -2.63. The van der Waals surface area contributed by atoms with Crippen LogP contribution >= 0.6 is 0 Å². The van der Waals surface area contributed by atoms with Gasteiger partial charge in [-0.15, -0.1) is 0 Å². The first-order valence-electron chi connectivity index (χ1n) is 12.3. The third-order valence-electron chi connectivity index (χ3n) is 6.76. The minimum atomic E-state index is -1.75. The normalized spacial score (nSPS) is 32.7. The van der Waals surface area contributed by atoms with Gasteiger partial charge in [-0.1, -0.05) is 0 Å². The first kappa shape index (κ1) is 28.2. The Morgan fingerprint density at radius 1 is 0.825 bits per heavy atom. The van der Waals surface area contributed by atoms with E-state index >= 15 is 0 Å². The summed E-state index contributed by atoms with van der Waals surface area (Å²) in [5, 5.41) is 91.4. The molecule has 3 heterocycles. The number of aliphatic hydroxyl groups is 6. The Morgan fingerprint density at radius 3 is 2.25 bits per heavy atom. The number of aromatic hydroxyl groups is 3. The van der Waals surface area contributed by atoms with Crippen molar-refractivity contribution in [3.05, 3.63) is 42.5 Å². The van der Waals surface area contributed by atoms with Gasteiger partial charge in [0.15, 0.2) is 12.4 Å². The zero-order valence-corrected chi connectivity index (χ0v) is 20.7. The predicted molar refractivity (Wildman–Crippen MR) is 132 cm³/mol. The average molecular weight is 566 g/mol. The SMILES string of the molecule is OCC1O[C@@H](Oc2cc3c(O)cc(O)cc3[o+]c2-c2ccc(O)cc2)C(O[C@@H]2OC[C@@H](O)C(O)[C@H]2O)C(O)[C@@H]1O. The molecule has 3 aromatic rings. The topological polar surface area (TPSA) is 230 Å². The highest BCUT2D eigenvalue weighted by Gasteiger charge is 2.50. The summed E-state index contributed by atoms with van der Waals surface area (Å²) in [6, 6.07) is 9.45. The van der Waals surface area contributed by atoms with Crippen LogP contribution in [0.3, 0.4) is 0 Å². The predicted octanol–water partition coefficient (Wildman–Crippen LogP) is -0.860. The average Bonchev–Trinajstić information content (AvgIpc) is 2.93. The minimum absolute atomic E-state index is 0.0346. The number of ether oxygens (including phenoxy) is 4. The van der Waals surface area contributed by atoms with E-state index in [1.807, 2.05) is 0 Å². The van der Waals surface area contributed by atoms with Gasteiger partial charge in [0.1, 0.15) is 59.3 Å². The van der Waals surface area contributed by atoms with Crippen LogP contribution in [0.4, 0.5) is 0 Å². The maximum Gasteiger partial charge on any atom is 0.402 e. The molecule has 0 saturated carbocycles. The first-order valence-corrected chi connectivity index (χ1v) is 12.3. The molecule has 4 unspecified atom stereocenters. The second kappa shape index (κ2) is 11.3. The summed E-state index contributed by atoms with van der Waals surface area (Å²) in [6.07, 6.45) is -14.3. The largest absolute Gasteiger partial charge is 0.508 e. The van der Waals surface area contributed by atoms with Crippen LogP contribution in [-0.2, 0) is 14.2 Å². The molecule has 0 aliphatic carbocycles. The molecule has 40 heavy (non-hydrogen) atoms. The molecule has 0 amide bonds. The Balaban J connectivity index is 1.55. The van der Waals surface area contributed by atoms with Crippen molar-refractivity contribution in [2.75, 3.05) is 13.2 Å². The molecule has 0 spiro atoms. The van der Waals surface area contributed by atoms with Gasteiger partial charge in [-0.3, -0.25) is 0 Å². The number of hydrogen-bond donors (Lipinski definition) is 9. The van der Waals surface area contributed by atoms with Gasteiger partial charge in [-0.25, -0.2) is 4.42 Å².